The predicted octanol–water partition coefficient (Wildman–Crippen LogP) is 4.58. The first kappa shape index (κ1) is 18.5. The molecular formula is C18H11F3N4OS. The number of benzene rings is 2. The summed E-state index contributed by atoms with van der Waals surface area (Å²) in [6, 6.07) is 15.0. The summed E-state index contributed by atoms with van der Waals surface area (Å²) in [7, 11) is 0. The summed E-state index contributed by atoms with van der Waals surface area (Å²) in [5, 5.41) is 13.2. The van der Waals surface area contributed by atoms with Gasteiger partial charge in [-0.25, -0.2) is 0 Å². The highest BCUT2D eigenvalue weighted by molar-refractivity contribution is 8.20. The highest BCUT2D eigenvalue weighted by atomic mass is 32.2. The Morgan fingerprint density at radius 3 is 2.56 bits per heavy atom. The summed E-state index contributed by atoms with van der Waals surface area (Å²) in [6.45, 7) is 0. The minimum absolute atomic E-state index is 0.0118. The zero-order valence-corrected chi connectivity index (χ0v) is 14.4. The van der Waals surface area contributed by atoms with Crippen molar-refractivity contribution in [1.82, 2.24) is 0 Å². The molecule has 1 aliphatic heterocycles. The number of anilines is 2. The maximum Gasteiger partial charge on any atom is 0.416 e. The smallest absolute Gasteiger partial charge is 0.277 e. The monoisotopic (exact) mass is 388 g/mol. The molecule has 0 bridgehead atoms. The van der Waals surface area contributed by atoms with Gasteiger partial charge in [0.05, 0.1) is 22.3 Å². The van der Waals surface area contributed by atoms with Crippen LogP contribution in [0.4, 0.5) is 24.5 Å². The standard InChI is InChI=1S/C18H11F3N4OS/c19-18(20,21)12-5-4-6-13(11-12)23-24-16-17(26)25(15(27-16)9-10-22)14-7-2-1-3-8-14/h1-9,11,23H/b15-9+,24-16-. The number of carbonyl (C=O) groups is 1. The van der Waals surface area contributed by atoms with E-state index in [9.17, 15) is 18.0 Å². The molecule has 0 aliphatic carbocycles. The van der Waals surface area contributed by atoms with E-state index in [1.165, 1.54) is 23.1 Å². The molecule has 0 atom stereocenters. The second-order valence-corrected chi connectivity index (χ2v) is 6.31. The molecule has 1 N–H and O–H groups in total. The molecular weight excluding hydrogens is 377 g/mol. The largest absolute Gasteiger partial charge is 0.416 e. The van der Waals surface area contributed by atoms with E-state index in [2.05, 4.69) is 10.5 Å². The minimum atomic E-state index is -4.48. The zero-order chi connectivity index (χ0) is 19.4. The van der Waals surface area contributed by atoms with E-state index < -0.39 is 17.6 Å². The van der Waals surface area contributed by atoms with E-state index in [-0.39, 0.29) is 10.7 Å². The van der Waals surface area contributed by atoms with Crippen LogP contribution in [0.25, 0.3) is 0 Å². The van der Waals surface area contributed by atoms with Crippen molar-refractivity contribution < 1.29 is 18.0 Å². The molecule has 0 saturated carbocycles. The van der Waals surface area contributed by atoms with Crippen molar-refractivity contribution in [1.29, 1.82) is 5.26 Å². The van der Waals surface area contributed by atoms with Crippen LogP contribution in [0.3, 0.4) is 0 Å². The van der Waals surface area contributed by atoms with Gasteiger partial charge in [0, 0.05) is 11.8 Å². The average molecular weight is 388 g/mol. The molecule has 2 aromatic rings. The Hall–Kier alpha value is -3.25. The molecule has 136 valence electrons. The number of hydrogen-bond acceptors (Lipinski definition) is 5. The first-order chi connectivity index (χ1) is 12.9. The molecule has 0 aromatic heterocycles. The number of amides is 1. The molecule has 27 heavy (non-hydrogen) atoms. The Labute approximate surface area is 156 Å². The number of halogens is 3. The van der Waals surface area contributed by atoms with Crippen LogP contribution in [-0.2, 0) is 11.0 Å². The molecule has 0 unspecified atom stereocenters. The Morgan fingerprint density at radius 2 is 1.89 bits per heavy atom. The van der Waals surface area contributed by atoms with E-state index in [1.54, 1.807) is 30.3 Å². The number of hydrazone groups is 1. The number of para-hydroxylation sites is 1. The van der Waals surface area contributed by atoms with E-state index in [4.69, 9.17) is 5.26 Å². The molecule has 3 rings (SSSR count). The highest BCUT2D eigenvalue weighted by Crippen LogP contribution is 2.36. The van der Waals surface area contributed by atoms with E-state index in [0.717, 1.165) is 23.9 Å². The van der Waals surface area contributed by atoms with Gasteiger partial charge in [-0.1, -0.05) is 24.3 Å². The van der Waals surface area contributed by atoms with Crippen LogP contribution in [-0.4, -0.2) is 11.0 Å². The zero-order valence-electron chi connectivity index (χ0n) is 13.6. The maximum absolute atomic E-state index is 12.8. The Morgan fingerprint density at radius 1 is 1.15 bits per heavy atom. The lowest BCUT2D eigenvalue weighted by Gasteiger charge is -2.15. The van der Waals surface area contributed by atoms with Crippen molar-refractivity contribution in [2.45, 2.75) is 6.18 Å². The van der Waals surface area contributed by atoms with Crippen LogP contribution in [0.15, 0.2) is 70.8 Å². The molecule has 1 heterocycles. The van der Waals surface area contributed by atoms with Gasteiger partial charge < -0.3 is 0 Å². The third kappa shape index (κ3) is 4.12. The molecule has 1 fully saturated rings. The fraction of sp³-hybridized carbons (Fsp3) is 0.0556. The van der Waals surface area contributed by atoms with Crippen molar-refractivity contribution in [3.63, 3.8) is 0 Å². The summed E-state index contributed by atoms with van der Waals surface area (Å²) in [6.07, 6.45) is -3.27. The fourth-order valence-corrected chi connectivity index (χ4v) is 3.17. The average Bonchev–Trinajstić information content (AvgIpc) is 2.96. The third-order valence-electron chi connectivity index (χ3n) is 3.49. The topological polar surface area (TPSA) is 68.5 Å². The molecule has 0 spiro atoms. The first-order valence-corrected chi connectivity index (χ1v) is 8.40. The van der Waals surface area contributed by atoms with Gasteiger partial charge in [0.15, 0.2) is 5.04 Å². The summed E-state index contributed by atoms with van der Waals surface area (Å²) >= 11 is 0.956. The van der Waals surface area contributed by atoms with Crippen LogP contribution in [0.5, 0.6) is 0 Å². The van der Waals surface area contributed by atoms with Crippen LogP contribution in [0.1, 0.15) is 5.56 Å². The van der Waals surface area contributed by atoms with Gasteiger partial charge in [0.25, 0.3) is 5.91 Å². The first-order valence-electron chi connectivity index (χ1n) is 7.58. The molecule has 1 saturated heterocycles. The highest BCUT2D eigenvalue weighted by Gasteiger charge is 2.35. The molecule has 2 aromatic carbocycles. The van der Waals surface area contributed by atoms with Gasteiger partial charge >= 0.3 is 6.18 Å². The number of nitrogens with zero attached hydrogens (tertiary/aromatic N) is 3. The summed E-state index contributed by atoms with van der Waals surface area (Å²) < 4.78 is 38.3. The number of hydrogen-bond donors (Lipinski definition) is 1. The van der Waals surface area contributed by atoms with Crippen molar-refractivity contribution in [3.8, 4) is 6.07 Å². The van der Waals surface area contributed by atoms with E-state index in [1.807, 2.05) is 6.07 Å². The van der Waals surface area contributed by atoms with E-state index in [0.29, 0.717) is 10.7 Å². The number of allylic oxidation sites excluding steroid dienone is 1. The van der Waals surface area contributed by atoms with Gasteiger partial charge in [-0.2, -0.15) is 23.5 Å². The van der Waals surface area contributed by atoms with Crippen LogP contribution in [0.2, 0.25) is 0 Å². The molecule has 1 aliphatic rings. The van der Waals surface area contributed by atoms with Gasteiger partial charge in [-0.3, -0.25) is 15.1 Å². The number of carbonyl (C=O) groups excluding carboxylic acids is 1. The van der Waals surface area contributed by atoms with E-state index >= 15 is 0 Å². The fourth-order valence-electron chi connectivity index (χ4n) is 2.31. The molecule has 9 heteroatoms. The number of thioether (sulfide) groups is 1. The van der Waals surface area contributed by atoms with Crippen molar-refractivity contribution >= 4 is 34.1 Å². The van der Waals surface area contributed by atoms with Gasteiger partial charge in [0.1, 0.15) is 0 Å². The second-order valence-electron chi connectivity index (χ2n) is 5.30. The minimum Gasteiger partial charge on any atom is -0.277 e. The van der Waals surface area contributed by atoms with Crippen molar-refractivity contribution in [2.24, 2.45) is 5.10 Å². The maximum atomic E-state index is 12.8. The summed E-state index contributed by atoms with van der Waals surface area (Å²) in [5.41, 5.74) is 2.30. The van der Waals surface area contributed by atoms with Crippen LogP contribution in [0, 0.1) is 11.3 Å². The van der Waals surface area contributed by atoms with Gasteiger partial charge in [0.2, 0.25) is 0 Å². The van der Waals surface area contributed by atoms with Crippen molar-refractivity contribution in [2.75, 3.05) is 10.3 Å². The Bertz CT molecular complexity index is 965. The quantitative estimate of drug-likeness (QED) is 0.618. The lowest BCUT2D eigenvalue weighted by molar-refractivity contribution is -0.137. The third-order valence-corrected chi connectivity index (χ3v) is 4.46. The number of nitriles is 1. The van der Waals surface area contributed by atoms with Crippen LogP contribution >= 0.6 is 11.8 Å². The molecule has 1 amide bonds. The molecule has 5 nitrogen and oxygen atoms in total. The normalized spacial score (nSPS) is 17.4. The van der Waals surface area contributed by atoms with Crippen LogP contribution < -0.4 is 10.3 Å². The summed E-state index contributed by atoms with van der Waals surface area (Å²) in [5.74, 6) is -0.479. The van der Waals surface area contributed by atoms with Crippen molar-refractivity contribution in [3.05, 3.63) is 71.3 Å². The SMILES string of the molecule is N#C/C=C1/S/C(=N\Nc2cccc(C(F)(F)F)c2)C(=O)N1c1ccccc1. The number of nitrogens with one attached hydrogen (secondary N) is 1. The Balaban J connectivity index is 1.87. The summed E-state index contributed by atoms with van der Waals surface area (Å²) in [4.78, 5) is 14.0. The lowest BCUT2D eigenvalue weighted by Crippen LogP contribution is -2.26. The van der Waals surface area contributed by atoms with Gasteiger partial charge in [-0.15, -0.1) is 0 Å². The number of alkyl halides is 3. The molecule has 0 radical (unpaired) electrons. The Kier molecular flexibility index (Phi) is 5.19. The predicted molar refractivity (Wildman–Crippen MR) is 97.7 cm³/mol. The second kappa shape index (κ2) is 7.55. The number of rotatable bonds is 3. The lowest BCUT2D eigenvalue weighted by atomic mass is 10.2. The van der Waals surface area contributed by atoms with Gasteiger partial charge in [-0.05, 0) is 42.1 Å².